The van der Waals surface area contributed by atoms with Gasteiger partial charge in [0, 0.05) is 18.8 Å². The van der Waals surface area contributed by atoms with E-state index in [1.165, 1.54) is 12.8 Å². The van der Waals surface area contributed by atoms with Gasteiger partial charge in [-0.1, -0.05) is 24.9 Å². The van der Waals surface area contributed by atoms with Gasteiger partial charge >= 0.3 is 5.97 Å². The largest absolute Gasteiger partial charge is 0.476 e. The van der Waals surface area contributed by atoms with Gasteiger partial charge in [0.2, 0.25) is 0 Å². The number of likely N-dealkylation sites (tertiary alicyclic amines) is 1. The molecule has 1 aliphatic rings. The summed E-state index contributed by atoms with van der Waals surface area (Å²) >= 11 is 6.07. The summed E-state index contributed by atoms with van der Waals surface area (Å²) in [6.45, 7) is 3.79. The minimum atomic E-state index is -0.986. The van der Waals surface area contributed by atoms with Gasteiger partial charge in [-0.25, -0.2) is 9.78 Å². The van der Waals surface area contributed by atoms with Crippen LogP contribution in [0.1, 0.15) is 48.8 Å². The van der Waals surface area contributed by atoms with Crippen LogP contribution in [0.2, 0.25) is 5.02 Å². The predicted octanol–water partition coefficient (Wildman–Crippen LogP) is 3.45. The molecule has 0 amide bonds. The first-order chi connectivity index (χ1) is 10.6. The van der Waals surface area contributed by atoms with Crippen LogP contribution >= 0.6 is 11.6 Å². The Hall–Kier alpha value is -1.59. The van der Waals surface area contributed by atoms with E-state index in [0.717, 1.165) is 19.4 Å². The van der Waals surface area contributed by atoms with Gasteiger partial charge in [0.1, 0.15) is 5.65 Å². The average molecular weight is 322 g/mol. The lowest BCUT2D eigenvalue weighted by Crippen LogP contribution is -2.39. The third-order valence-corrected chi connectivity index (χ3v) is 4.68. The molecular weight excluding hydrogens is 302 g/mol. The molecule has 0 saturated carbocycles. The van der Waals surface area contributed by atoms with E-state index in [2.05, 4.69) is 16.8 Å². The molecule has 1 aliphatic heterocycles. The van der Waals surface area contributed by atoms with Crippen LogP contribution in [0.3, 0.4) is 0 Å². The Morgan fingerprint density at radius 2 is 2.27 bits per heavy atom. The number of rotatable bonds is 4. The number of fused-ring (bicyclic) bond motifs is 1. The second-order valence-electron chi connectivity index (χ2n) is 5.82. The van der Waals surface area contributed by atoms with Gasteiger partial charge in [0.05, 0.1) is 10.7 Å². The number of aromatic nitrogens is 2. The maximum absolute atomic E-state index is 11.5. The predicted molar refractivity (Wildman–Crippen MR) is 85.5 cm³/mol. The van der Waals surface area contributed by atoms with Crippen molar-refractivity contribution in [1.29, 1.82) is 0 Å². The van der Waals surface area contributed by atoms with Crippen molar-refractivity contribution < 1.29 is 9.90 Å². The van der Waals surface area contributed by atoms with E-state index in [1.807, 2.05) is 4.40 Å². The molecule has 0 radical (unpaired) electrons. The lowest BCUT2D eigenvalue weighted by Gasteiger charge is -2.35. The third kappa shape index (κ3) is 2.83. The standard InChI is InChI=1S/C16H20ClN3O2/c1-2-12-5-3-4-8-19(12)10-13-15(16(21)22)18-14-7-6-11(17)9-20(13)14/h6-7,9,12H,2-5,8,10H2,1H3,(H,21,22). The summed E-state index contributed by atoms with van der Waals surface area (Å²) in [5.74, 6) is -0.986. The molecule has 0 aliphatic carbocycles. The van der Waals surface area contributed by atoms with Crippen molar-refractivity contribution in [2.24, 2.45) is 0 Å². The first kappa shape index (κ1) is 15.3. The molecule has 0 aromatic carbocycles. The van der Waals surface area contributed by atoms with Gasteiger partial charge in [-0.2, -0.15) is 0 Å². The number of hydrogen-bond donors (Lipinski definition) is 1. The summed E-state index contributed by atoms with van der Waals surface area (Å²) in [6, 6.07) is 4.00. The molecule has 1 N–H and O–H groups in total. The summed E-state index contributed by atoms with van der Waals surface area (Å²) in [6.07, 6.45) is 6.42. The first-order valence-electron chi connectivity index (χ1n) is 7.74. The molecule has 3 heterocycles. The normalized spacial score (nSPS) is 19.6. The van der Waals surface area contributed by atoms with Crippen LogP contribution in [0.4, 0.5) is 0 Å². The fourth-order valence-corrected chi connectivity index (χ4v) is 3.47. The summed E-state index contributed by atoms with van der Waals surface area (Å²) in [7, 11) is 0. The maximum atomic E-state index is 11.5. The van der Waals surface area contributed by atoms with Crippen molar-refractivity contribution >= 4 is 23.2 Å². The molecule has 1 unspecified atom stereocenters. The van der Waals surface area contributed by atoms with Crippen molar-refractivity contribution in [2.45, 2.75) is 45.2 Å². The Kier molecular flexibility index (Phi) is 4.36. The molecular formula is C16H20ClN3O2. The van der Waals surface area contributed by atoms with E-state index in [0.29, 0.717) is 29.0 Å². The zero-order valence-corrected chi connectivity index (χ0v) is 13.4. The molecule has 5 nitrogen and oxygen atoms in total. The first-order valence-corrected chi connectivity index (χ1v) is 8.11. The fraction of sp³-hybridized carbons (Fsp3) is 0.500. The number of hydrogen-bond acceptors (Lipinski definition) is 3. The van der Waals surface area contributed by atoms with Crippen LogP contribution in [0.5, 0.6) is 0 Å². The average Bonchev–Trinajstić information content (AvgIpc) is 2.86. The second kappa shape index (κ2) is 6.26. The highest BCUT2D eigenvalue weighted by molar-refractivity contribution is 6.30. The maximum Gasteiger partial charge on any atom is 0.356 e. The van der Waals surface area contributed by atoms with Crippen LogP contribution in [0.15, 0.2) is 18.3 Å². The molecule has 1 saturated heterocycles. The van der Waals surface area contributed by atoms with Crippen LogP contribution in [-0.2, 0) is 6.54 Å². The summed E-state index contributed by atoms with van der Waals surface area (Å²) in [4.78, 5) is 18.2. The molecule has 6 heteroatoms. The Balaban J connectivity index is 2.02. The van der Waals surface area contributed by atoms with Crippen LogP contribution in [-0.4, -0.2) is 37.9 Å². The molecule has 1 atom stereocenters. The molecule has 118 valence electrons. The van der Waals surface area contributed by atoms with Crippen molar-refractivity contribution in [3.05, 3.63) is 34.7 Å². The number of piperidine rings is 1. The number of halogens is 1. The molecule has 1 fully saturated rings. The zero-order chi connectivity index (χ0) is 15.7. The topological polar surface area (TPSA) is 57.8 Å². The van der Waals surface area contributed by atoms with E-state index in [4.69, 9.17) is 11.6 Å². The van der Waals surface area contributed by atoms with Crippen LogP contribution < -0.4 is 0 Å². The lowest BCUT2D eigenvalue weighted by molar-refractivity contribution is 0.0685. The molecule has 0 bridgehead atoms. The molecule has 22 heavy (non-hydrogen) atoms. The minimum Gasteiger partial charge on any atom is -0.476 e. The smallest absolute Gasteiger partial charge is 0.356 e. The third-order valence-electron chi connectivity index (χ3n) is 4.46. The number of carboxylic acid groups (broad SMARTS) is 1. The number of carbonyl (C=O) groups is 1. The van der Waals surface area contributed by atoms with Gasteiger partial charge in [-0.3, -0.25) is 4.90 Å². The number of nitrogens with zero attached hydrogens (tertiary/aromatic N) is 3. The van der Waals surface area contributed by atoms with E-state index >= 15 is 0 Å². The Labute approximate surface area is 134 Å². The van der Waals surface area contributed by atoms with E-state index in [9.17, 15) is 9.90 Å². The van der Waals surface area contributed by atoms with E-state index in [-0.39, 0.29) is 5.69 Å². The van der Waals surface area contributed by atoms with Crippen LogP contribution in [0, 0.1) is 0 Å². The summed E-state index contributed by atoms with van der Waals surface area (Å²) in [5.41, 5.74) is 1.47. The SMILES string of the molecule is CCC1CCCCN1Cc1c(C(=O)O)nc2ccc(Cl)cn12. The van der Waals surface area contributed by atoms with Gasteiger partial charge in [0.25, 0.3) is 0 Å². The molecule has 2 aromatic rings. The van der Waals surface area contributed by atoms with E-state index < -0.39 is 5.97 Å². The van der Waals surface area contributed by atoms with Gasteiger partial charge in [-0.05, 0) is 37.9 Å². The number of aromatic carboxylic acids is 1. The van der Waals surface area contributed by atoms with Gasteiger partial charge in [0.15, 0.2) is 5.69 Å². The van der Waals surface area contributed by atoms with Crippen molar-refractivity contribution in [3.63, 3.8) is 0 Å². The van der Waals surface area contributed by atoms with Crippen molar-refractivity contribution in [1.82, 2.24) is 14.3 Å². The number of carboxylic acids is 1. The number of imidazole rings is 1. The van der Waals surface area contributed by atoms with Crippen LogP contribution in [0.25, 0.3) is 5.65 Å². The van der Waals surface area contributed by atoms with Crippen molar-refractivity contribution in [2.75, 3.05) is 6.54 Å². The van der Waals surface area contributed by atoms with Crippen molar-refractivity contribution in [3.8, 4) is 0 Å². The van der Waals surface area contributed by atoms with E-state index in [1.54, 1.807) is 18.3 Å². The molecule has 2 aromatic heterocycles. The Bertz CT molecular complexity index is 698. The minimum absolute atomic E-state index is 0.127. The second-order valence-corrected chi connectivity index (χ2v) is 6.25. The fourth-order valence-electron chi connectivity index (χ4n) is 3.31. The Morgan fingerprint density at radius 1 is 1.45 bits per heavy atom. The quantitative estimate of drug-likeness (QED) is 0.937. The Morgan fingerprint density at radius 3 is 3.00 bits per heavy atom. The highest BCUT2D eigenvalue weighted by atomic mass is 35.5. The summed E-state index contributed by atoms with van der Waals surface area (Å²) < 4.78 is 1.81. The molecule has 3 rings (SSSR count). The summed E-state index contributed by atoms with van der Waals surface area (Å²) in [5, 5.41) is 10.0. The van der Waals surface area contributed by atoms with Gasteiger partial charge < -0.3 is 9.51 Å². The zero-order valence-electron chi connectivity index (χ0n) is 12.6. The number of pyridine rings is 1. The monoisotopic (exact) mass is 321 g/mol. The van der Waals surface area contributed by atoms with Gasteiger partial charge in [-0.15, -0.1) is 0 Å². The highest BCUT2D eigenvalue weighted by Gasteiger charge is 2.25. The molecule has 0 spiro atoms. The lowest BCUT2D eigenvalue weighted by atomic mass is 10.00. The highest BCUT2D eigenvalue weighted by Crippen LogP contribution is 2.24.